The van der Waals surface area contributed by atoms with Crippen LogP contribution in [0.1, 0.15) is 6.92 Å². The number of guanidine groups is 1. The Hall–Kier alpha value is -1.13. The van der Waals surface area contributed by atoms with Gasteiger partial charge in [0.1, 0.15) is 6.10 Å². The minimum atomic E-state index is -0.356. The van der Waals surface area contributed by atoms with Crippen molar-refractivity contribution in [3.8, 4) is 5.75 Å². The van der Waals surface area contributed by atoms with Gasteiger partial charge in [0, 0.05) is 26.7 Å². The minimum absolute atomic E-state index is 0. The molecule has 25 heavy (non-hydrogen) atoms. The number of para-hydroxylation sites is 1. The van der Waals surface area contributed by atoms with Gasteiger partial charge in [-0.3, -0.25) is 4.99 Å². The van der Waals surface area contributed by atoms with Crippen LogP contribution in [0.4, 0.5) is 4.39 Å². The van der Waals surface area contributed by atoms with E-state index in [1.165, 1.54) is 6.07 Å². The number of hydrogen-bond donors (Lipinski definition) is 2. The van der Waals surface area contributed by atoms with E-state index in [1.807, 2.05) is 6.92 Å². The normalized spacial score (nSPS) is 19.7. The first-order chi connectivity index (χ1) is 11.6. The SMILES string of the molecule is CN=C(NCC(C)Oc1ccccc1F)NCC1CN(C)CCO1.I. The van der Waals surface area contributed by atoms with E-state index in [9.17, 15) is 4.39 Å². The molecule has 1 aliphatic heterocycles. The summed E-state index contributed by atoms with van der Waals surface area (Å²) in [5, 5.41) is 6.43. The van der Waals surface area contributed by atoms with Crippen LogP contribution in [-0.4, -0.2) is 69.9 Å². The zero-order valence-corrected chi connectivity index (χ0v) is 17.3. The Kier molecular flexibility index (Phi) is 10.1. The number of rotatable bonds is 6. The molecular formula is C17H28FIN4O2. The number of nitrogens with one attached hydrogen (secondary N) is 2. The van der Waals surface area contributed by atoms with Crippen LogP contribution in [0.15, 0.2) is 29.3 Å². The molecule has 8 heteroatoms. The Morgan fingerprint density at radius 3 is 2.88 bits per heavy atom. The molecular weight excluding hydrogens is 438 g/mol. The zero-order chi connectivity index (χ0) is 17.4. The van der Waals surface area contributed by atoms with Crippen molar-refractivity contribution in [2.24, 2.45) is 4.99 Å². The highest BCUT2D eigenvalue weighted by Crippen LogP contribution is 2.16. The third-order valence-electron chi connectivity index (χ3n) is 3.78. The van der Waals surface area contributed by atoms with Crippen molar-refractivity contribution >= 4 is 29.9 Å². The summed E-state index contributed by atoms with van der Waals surface area (Å²) in [5.74, 6) is 0.578. The summed E-state index contributed by atoms with van der Waals surface area (Å²) in [5.41, 5.74) is 0. The van der Waals surface area contributed by atoms with Crippen molar-refractivity contribution in [1.29, 1.82) is 0 Å². The average molecular weight is 466 g/mol. The number of nitrogens with zero attached hydrogens (tertiary/aromatic N) is 2. The fraction of sp³-hybridized carbons (Fsp3) is 0.588. The van der Waals surface area contributed by atoms with Gasteiger partial charge >= 0.3 is 0 Å². The first kappa shape index (κ1) is 21.9. The van der Waals surface area contributed by atoms with E-state index in [0.717, 1.165) is 19.7 Å². The van der Waals surface area contributed by atoms with Gasteiger partial charge < -0.3 is 25.0 Å². The summed E-state index contributed by atoms with van der Waals surface area (Å²) >= 11 is 0. The number of ether oxygens (including phenoxy) is 2. The van der Waals surface area contributed by atoms with E-state index in [-0.39, 0.29) is 47.8 Å². The third kappa shape index (κ3) is 7.74. The van der Waals surface area contributed by atoms with Crippen molar-refractivity contribution in [2.45, 2.75) is 19.1 Å². The molecule has 0 aliphatic carbocycles. The Balaban J connectivity index is 0.00000312. The van der Waals surface area contributed by atoms with Crippen LogP contribution in [-0.2, 0) is 4.74 Å². The van der Waals surface area contributed by atoms with Crippen LogP contribution < -0.4 is 15.4 Å². The highest BCUT2D eigenvalue weighted by atomic mass is 127. The Morgan fingerprint density at radius 2 is 2.20 bits per heavy atom. The van der Waals surface area contributed by atoms with Crippen LogP contribution in [0.25, 0.3) is 0 Å². The highest BCUT2D eigenvalue weighted by molar-refractivity contribution is 14.0. The van der Waals surface area contributed by atoms with Crippen LogP contribution in [0, 0.1) is 5.82 Å². The molecule has 1 saturated heterocycles. The lowest BCUT2D eigenvalue weighted by molar-refractivity contribution is -0.0161. The lowest BCUT2D eigenvalue weighted by Gasteiger charge is -2.30. The van der Waals surface area contributed by atoms with Gasteiger partial charge in [-0.05, 0) is 26.1 Å². The molecule has 1 aromatic rings. The molecule has 1 fully saturated rings. The molecule has 0 amide bonds. The topological polar surface area (TPSA) is 58.1 Å². The molecule has 2 unspecified atom stereocenters. The van der Waals surface area contributed by atoms with E-state index < -0.39 is 0 Å². The Labute approximate surface area is 166 Å². The lowest BCUT2D eigenvalue weighted by Crippen LogP contribution is -2.49. The summed E-state index contributed by atoms with van der Waals surface area (Å²) < 4.78 is 24.9. The van der Waals surface area contributed by atoms with Crippen molar-refractivity contribution in [2.75, 3.05) is 46.9 Å². The number of likely N-dealkylation sites (N-methyl/N-ethyl adjacent to an activating group) is 1. The molecule has 0 radical (unpaired) electrons. The zero-order valence-electron chi connectivity index (χ0n) is 15.0. The molecule has 2 rings (SSSR count). The standard InChI is InChI=1S/C17H27FN4O2.HI/c1-13(24-16-7-5-4-6-15(16)18)10-20-17(19-2)21-11-14-12-22(3)8-9-23-14;/h4-7,13-14H,8-12H2,1-3H3,(H2,19,20,21);1H. The highest BCUT2D eigenvalue weighted by Gasteiger charge is 2.18. The molecule has 0 spiro atoms. The van der Waals surface area contributed by atoms with Gasteiger partial charge in [-0.25, -0.2) is 4.39 Å². The predicted molar refractivity (Wildman–Crippen MR) is 109 cm³/mol. The molecule has 1 heterocycles. The lowest BCUT2D eigenvalue weighted by atomic mass is 10.3. The van der Waals surface area contributed by atoms with Crippen molar-refractivity contribution in [1.82, 2.24) is 15.5 Å². The number of morpholine rings is 1. The van der Waals surface area contributed by atoms with Crippen LogP contribution in [0.3, 0.4) is 0 Å². The molecule has 2 N–H and O–H groups in total. The van der Waals surface area contributed by atoms with Crippen LogP contribution >= 0.6 is 24.0 Å². The van der Waals surface area contributed by atoms with Gasteiger partial charge in [0.15, 0.2) is 17.5 Å². The molecule has 0 aromatic heterocycles. The molecule has 6 nitrogen and oxygen atoms in total. The Bertz CT molecular complexity index is 547. The largest absolute Gasteiger partial charge is 0.486 e. The monoisotopic (exact) mass is 466 g/mol. The maximum Gasteiger partial charge on any atom is 0.191 e. The van der Waals surface area contributed by atoms with E-state index >= 15 is 0 Å². The third-order valence-corrected chi connectivity index (χ3v) is 3.78. The van der Waals surface area contributed by atoms with Gasteiger partial charge in [0.2, 0.25) is 0 Å². The van der Waals surface area contributed by atoms with Crippen LogP contribution in [0.2, 0.25) is 0 Å². The summed E-state index contributed by atoms with van der Waals surface area (Å²) in [4.78, 5) is 6.43. The number of hydrogen-bond acceptors (Lipinski definition) is 4. The fourth-order valence-electron chi connectivity index (χ4n) is 2.46. The molecule has 1 aromatic carbocycles. The predicted octanol–water partition coefficient (Wildman–Crippen LogP) is 1.71. The van der Waals surface area contributed by atoms with E-state index in [2.05, 4.69) is 27.6 Å². The molecule has 2 atom stereocenters. The minimum Gasteiger partial charge on any atom is -0.486 e. The maximum atomic E-state index is 13.6. The summed E-state index contributed by atoms with van der Waals surface area (Å²) in [7, 11) is 3.80. The van der Waals surface area contributed by atoms with Gasteiger partial charge in [0.05, 0.1) is 19.3 Å². The van der Waals surface area contributed by atoms with Gasteiger partial charge in [-0.1, -0.05) is 12.1 Å². The van der Waals surface area contributed by atoms with Crippen molar-refractivity contribution < 1.29 is 13.9 Å². The van der Waals surface area contributed by atoms with Gasteiger partial charge in [0.25, 0.3) is 0 Å². The smallest absolute Gasteiger partial charge is 0.191 e. The van der Waals surface area contributed by atoms with Crippen molar-refractivity contribution in [3.05, 3.63) is 30.1 Å². The van der Waals surface area contributed by atoms with E-state index in [1.54, 1.807) is 25.2 Å². The average Bonchev–Trinajstić information content (AvgIpc) is 2.57. The molecule has 1 aliphatic rings. The van der Waals surface area contributed by atoms with Gasteiger partial charge in [-0.15, -0.1) is 24.0 Å². The number of aliphatic imine (C=N–C) groups is 1. The number of benzene rings is 1. The second kappa shape index (κ2) is 11.5. The second-order valence-electron chi connectivity index (χ2n) is 5.95. The molecule has 0 saturated carbocycles. The first-order valence-corrected chi connectivity index (χ1v) is 8.24. The molecule has 142 valence electrons. The second-order valence-corrected chi connectivity index (χ2v) is 5.95. The molecule has 0 bridgehead atoms. The fourth-order valence-corrected chi connectivity index (χ4v) is 2.46. The van der Waals surface area contributed by atoms with Crippen LogP contribution in [0.5, 0.6) is 5.75 Å². The maximum absolute atomic E-state index is 13.6. The summed E-state index contributed by atoms with van der Waals surface area (Å²) in [6.45, 7) is 5.70. The quantitative estimate of drug-likeness (QED) is 0.380. The summed E-state index contributed by atoms with van der Waals surface area (Å²) in [6.07, 6.45) is -0.0492. The van der Waals surface area contributed by atoms with Gasteiger partial charge in [-0.2, -0.15) is 0 Å². The number of halogens is 2. The van der Waals surface area contributed by atoms with E-state index in [4.69, 9.17) is 9.47 Å². The Morgan fingerprint density at radius 1 is 1.44 bits per heavy atom. The van der Waals surface area contributed by atoms with E-state index in [0.29, 0.717) is 19.0 Å². The van der Waals surface area contributed by atoms with Crippen molar-refractivity contribution in [3.63, 3.8) is 0 Å². The first-order valence-electron chi connectivity index (χ1n) is 8.24. The summed E-state index contributed by atoms with van der Waals surface area (Å²) in [6, 6.07) is 6.40.